The first kappa shape index (κ1) is 34.1. The van der Waals surface area contributed by atoms with E-state index in [0.29, 0.717) is 20.1 Å². The number of guanidine groups is 1. The fraction of sp³-hybridized carbons (Fsp3) is 0.235. The van der Waals surface area contributed by atoms with Crippen molar-refractivity contribution in [1.82, 2.24) is 9.29 Å². The van der Waals surface area contributed by atoms with Crippen LogP contribution in [0.3, 0.4) is 0 Å². The number of likely N-dealkylation sites (N-methyl/N-ethyl adjacent to an activating group) is 1. The van der Waals surface area contributed by atoms with Gasteiger partial charge in [-0.1, -0.05) is 17.7 Å². The molecule has 21 heteroatoms. The van der Waals surface area contributed by atoms with Crippen LogP contribution in [0.1, 0.15) is 0 Å². The number of carboxylic acids is 3. The summed E-state index contributed by atoms with van der Waals surface area (Å²) < 4.78 is 89.1. The quantitative estimate of drug-likeness (QED) is 0.189. The van der Waals surface area contributed by atoms with E-state index in [2.05, 4.69) is 9.98 Å². The van der Waals surface area contributed by atoms with Crippen molar-refractivity contribution in [3.8, 4) is 0 Å². The van der Waals surface area contributed by atoms with Crippen molar-refractivity contribution in [2.75, 3.05) is 13.6 Å². The summed E-state index contributed by atoms with van der Waals surface area (Å²) in [4.78, 5) is 36.2. The van der Waals surface area contributed by atoms with E-state index in [1.807, 2.05) is 0 Å². The minimum absolute atomic E-state index is 0.104. The number of carbonyl (C=O) groups is 3. The largest absolute Gasteiger partial charge is 0.490 e. The molecule has 0 fully saturated rings. The Hall–Kier alpha value is -3.91. The molecule has 38 heavy (non-hydrogen) atoms. The lowest BCUT2D eigenvalue weighted by Crippen LogP contribution is -2.32. The topological polar surface area (TPSA) is 227 Å². The Labute approximate surface area is 213 Å². The number of aliphatic imine (C=N–C) groups is 1. The predicted octanol–water partition coefficient (Wildman–Crippen LogP) is 1.76. The van der Waals surface area contributed by atoms with Crippen molar-refractivity contribution in [2.45, 2.75) is 17.2 Å². The molecule has 0 aliphatic heterocycles. The SMILES string of the molecule is CN(CC(=O)O)S(=O)(=O)c1ccc2c(Cl)cnc(N=C(N)N)c2c1.O=C(O)C(F)(F)F.O=C(O)C(F)(F)F. The summed E-state index contributed by atoms with van der Waals surface area (Å²) in [5, 5.41) is 24.1. The van der Waals surface area contributed by atoms with Crippen LogP contribution in [0.5, 0.6) is 0 Å². The summed E-state index contributed by atoms with van der Waals surface area (Å²) in [7, 11) is -2.85. The third kappa shape index (κ3) is 10.6. The maximum Gasteiger partial charge on any atom is 0.490 e. The highest BCUT2D eigenvalue weighted by Crippen LogP contribution is 2.32. The third-order valence-electron chi connectivity index (χ3n) is 3.58. The molecule has 0 spiro atoms. The third-order valence-corrected chi connectivity index (χ3v) is 5.68. The second-order valence-corrected chi connectivity index (χ2v) is 8.89. The average molecular weight is 600 g/mol. The first-order valence-electron chi connectivity index (χ1n) is 8.98. The van der Waals surface area contributed by atoms with Gasteiger partial charge in [0.25, 0.3) is 0 Å². The van der Waals surface area contributed by atoms with Gasteiger partial charge in [0.05, 0.1) is 9.92 Å². The molecule has 0 unspecified atom stereocenters. The van der Waals surface area contributed by atoms with Crippen LogP contribution >= 0.6 is 11.6 Å². The number of carboxylic acid groups (broad SMARTS) is 3. The molecule has 1 aromatic heterocycles. The van der Waals surface area contributed by atoms with Crippen molar-refractivity contribution in [3.05, 3.63) is 29.4 Å². The molecule has 0 aliphatic carbocycles. The fourth-order valence-electron chi connectivity index (χ4n) is 2.00. The number of nitrogens with zero attached hydrogens (tertiary/aromatic N) is 3. The minimum atomic E-state index is -5.08. The van der Waals surface area contributed by atoms with E-state index in [1.165, 1.54) is 31.4 Å². The predicted molar refractivity (Wildman–Crippen MR) is 117 cm³/mol. The number of alkyl halides is 6. The molecule has 13 nitrogen and oxygen atoms in total. The molecule has 0 saturated heterocycles. The second kappa shape index (κ2) is 13.1. The van der Waals surface area contributed by atoms with Crippen molar-refractivity contribution in [1.29, 1.82) is 0 Å². The lowest BCUT2D eigenvalue weighted by Gasteiger charge is -2.15. The van der Waals surface area contributed by atoms with Gasteiger partial charge in [0.15, 0.2) is 11.8 Å². The number of fused-ring (bicyclic) bond motifs is 1. The number of hydrogen-bond acceptors (Lipinski definition) is 7. The van der Waals surface area contributed by atoms with Crippen LogP contribution in [-0.4, -0.2) is 82.8 Å². The smallest absolute Gasteiger partial charge is 0.480 e. The summed E-state index contributed by atoms with van der Waals surface area (Å²) >= 11 is 6.05. The number of halogens is 7. The molecule has 0 saturated carbocycles. The minimum Gasteiger partial charge on any atom is -0.480 e. The van der Waals surface area contributed by atoms with E-state index in [-0.39, 0.29) is 16.7 Å². The Morgan fingerprint density at radius 2 is 1.45 bits per heavy atom. The van der Waals surface area contributed by atoms with Gasteiger partial charge >= 0.3 is 30.3 Å². The fourth-order valence-corrected chi connectivity index (χ4v) is 3.36. The van der Waals surface area contributed by atoms with Gasteiger partial charge in [-0.05, 0) is 12.1 Å². The van der Waals surface area contributed by atoms with Crippen LogP contribution in [-0.2, 0) is 24.4 Å². The summed E-state index contributed by atoms with van der Waals surface area (Å²) in [6.45, 7) is -0.672. The molecule has 212 valence electrons. The van der Waals surface area contributed by atoms with Gasteiger partial charge in [-0.15, -0.1) is 0 Å². The maximum atomic E-state index is 12.5. The zero-order chi connectivity index (χ0) is 30.2. The average Bonchev–Trinajstić information content (AvgIpc) is 2.74. The molecule has 0 radical (unpaired) electrons. The molecular weight excluding hydrogens is 584 g/mol. The zero-order valence-electron chi connectivity index (χ0n) is 18.4. The van der Waals surface area contributed by atoms with Crippen LogP contribution < -0.4 is 11.5 Å². The molecule has 2 rings (SSSR count). The number of rotatable bonds is 5. The van der Waals surface area contributed by atoms with E-state index in [1.54, 1.807) is 0 Å². The van der Waals surface area contributed by atoms with Gasteiger partial charge in [-0.25, -0.2) is 23.0 Å². The van der Waals surface area contributed by atoms with Crippen molar-refractivity contribution in [3.63, 3.8) is 0 Å². The number of nitrogens with two attached hydrogens (primary N) is 2. The summed E-state index contributed by atoms with van der Waals surface area (Å²) in [5.41, 5.74) is 10.7. The maximum absolute atomic E-state index is 12.5. The molecule has 0 amide bonds. The zero-order valence-corrected chi connectivity index (χ0v) is 20.0. The number of benzene rings is 1. The standard InChI is InChI=1S/C13H14ClN5O4S.2C2HF3O2/c1-19(6-11(20)21)24(22,23)7-2-3-8-9(4-7)12(18-13(15)16)17-5-10(8)14;2*3-2(4,5)1(6)7/h2-5H,6H2,1H3,(H,20,21)(H4,15,16,17,18);2*(H,6,7). The lowest BCUT2D eigenvalue weighted by atomic mass is 10.1. The summed E-state index contributed by atoms with van der Waals surface area (Å²) in [6, 6.07) is 4.09. The lowest BCUT2D eigenvalue weighted by molar-refractivity contribution is -0.193. The Kier molecular flexibility index (Phi) is 11.7. The Morgan fingerprint density at radius 1 is 1.00 bits per heavy atom. The number of sulfonamides is 1. The van der Waals surface area contributed by atoms with Crippen molar-refractivity contribution >= 4 is 62.1 Å². The molecule has 1 aromatic carbocycles. The van der Waals surface area contributed by atoms with E-state index in [9.17, 15) is 39.6 Å². The molecule has 7 N–H and O–H groups in total. The van der Waals surface area contributed by atoms with E-state index < -0.39 is 46.8 Å². The molecule has 0 atom stereocenters. The highest BCUT2D eigenvalue weighted by Gasteiger charge is 2.38. The molecule has 2 aromatic rings. The van der Waals surface area contributed by atoms with Crippen LogP contribution in [0, 0.1) is 0 Å². The first-order chi connectivity index (χ1) is 17.0. The number of aliphatic carboxylic acids is 3. The Bertz CT molecular complexity index is 1310. The van der Waals surface area contributed by atoms with Crippen LogP contribution in [0.25, 0.3) is 10.8 Å². The van der Waals surface area contributed by atoms with Crippen molar-refractivity contribution in [2.24, 2.45) is 16.5 Å². The van der Waals surface area contributed by atoms with E-state index >= 15 is 0 Å². The van der Waals surface area contributed by atoms with Gasteiger partial charge in [-0.3, -0.25) is 4.79 Å². The molecule has 0 bridgehead atoms. The highest BCUT2D eigenvalue weighted by atomic mass is 35.5. The van der Waals surface area contributed by atoms with Gasteiger partial charge < -0.3 is 26.8 Å². The normalized spacial score (nSPS) is 11.5. The number of hydrogen-bond donors (Lipinski definition) is 5. The van der Waals surface area contributed by atoms with Crippen LogP contribution in [0.15, 0.2) is 34.3 Å². The first-order valence-corrected chi connectivity index (χ1v) is 10.8. The van der Waals surface area contributed by atoms with Gasteiger partial charge in [0.1, 0.15) is 6.54 Å². The molecule has 1 heterocycles. The van der Waals surface area contributed by atoms with Crippen LogP contribution in [0.2, 0.25) is 5.02 Å². The molecular formula is C17H16ClF6N5O8S. The second-order valence-electron chi connectivity index (χ2n) is 6.43. The monoisotopic (exact) mass is 599 g/mol. The number of pyridine rings is 1. The molecule has 0 aliphatic rings. The highest BCUT2D eigenvalue weighted by molar-refractivity contribution is 7.89. The summed E-state index contributed by atoms with van der Waals surface area (Å²) in [6.07, 6.45) is -8.82. The van der Waals surface area contributed by atoms with Crippen LogP contribution in [0.4, 0.5) is 32.2 Å². The van der Waals surface area contributed by atoms with E-state index in [4.69, 9.17) is 48.0 Å². The van der Waals surface area contributed by atoms with E-state index in [0.717, 1.165) is 0 Å². The summed E-state index contributed by atoms with van der Waals surface area (Å²) in [5.74, 6) is -6.93. The van der Waals surface area contributed by atoms with Gasteiger partial charge in [0.2, 0.25) is 10.0 Å². The Morgan fingerprint density at radius 3 is 1.82 bits per heavy atom. The van der Waals surface area contributed by atoms with Gasteiger partial charge in [0, 0.05) is 24.0 Å². The Balaban J connectivity index is 0.000000804. The number of aromatic nitrogens is 1. The van der Waals surface area contributed by atoms with Crippen molar-refractivity contribution < 1.29 is 64.5 Å². The van der Waals surface area contributed by atoms with Gasteiger partial charge in [-0.2, -0.15) is 35.6 Å².